The first-order valence-corrected chi connectivity index (χ1v) is 8.41. The minimum absolute atomic E-state index is 0.318. The van der Waals surface area contributed by atoms with E-state index in [4.69, 9.17) is 4.74 Å². The Balaban J connectivity index is 1.74. The second-order valence-corrected chi connectivity index (χ2v) is 6.54. The highest BCUT2D eigenvalue weighted by molar-refractivity contribution is 5.21. The number of rotatable bonds is 8. The highest BCUT2D eigenvalue weighted by Gasteiger charge is 2.23. The lowest BCUT2D eigenvalue weighted by atomic mass is 10.1. The predicted molar refractivity (Wildman–Crippen MR) is 91.1 cm³/mol. The van der Waals surface area contributed by atoms with Gasteiger partial charge in [-0.25, -0.2) is 0 Å². The summed E-state index contributed by atoms with van der Waals surface area (Å²) in [4.78, 5) is 2.45. The molecule has 1 fully saturated rings. The van der Waals surface area contributed by atoms with Crippen molar-refractivity contribution in [2.75, 3.05) is 19.7 Å². The van der Waals surface area contributed by atoms with Gasteiger partial charge in [0.2, 0.25) is 0 Å². The van der Waals surface area contributed by atoms with Crippen molar-refractivity contribution in [2.45, 2.75) is 45.3 Å². The molecule has 0 radical (unpaired) electrons. The summed E-state index contributed by atoms with van der Waals surface area (Å²) in [5.74, 6) is 1.47. The van der Waals surface area contributed by atoms with E-state index in [2.05, 4.69) is 24.8 Å². The van der Waals surface area contributed by atoms with Crippen LogP contribution in [0.4, 0.5) is 0 Å². The van der Waals surface area contributed by atoms with Crippen molar-refractivity contribution < 1.29 is 9.84 Å². The summed E-state index contributed by atoms with van der Waals surface area (Å²) >= 11 is 0. The van der Waals surface area contributed by atoms with E-state index < -0.39 is 0 Å². The van der Waals surface area contributed by atoms with Crippen molar-refractivity contribution in [2.24, 2.45) is 5.92 Å². The van der Waals surface area contributed by atoms with Crippen LogP contribution in [0.15, 0.2) is 42.5 Å². The van der Waals surface area contributed by atoms with E-state index in [1.54, 1.807) is 0 Å². The molecule has 122 valence electrons. The number of para-hydroxylation sites is 1. The molecule has 2 atom stereocenters. The summed E-state index contributed by atoms with van der Waals surface area (Å²) in [5.41, 5.74) is 0. The highest BCUT2D eigenvalue weighted by atomic mass is 16.5. The normalized spacial score (nSPS) is 20.8. The Bertz CT molecular complexity index is 444. The van der Waals surface area contributed by atoms with Crippen LogP contribution in [0.2, 0.25) is 0 Å². The molecule has 0 aromatic heterocycles. The monoisotopic (exact) mass is 303 g/mol. The summed E-state index contributed by atoms with van der Waals surface area (Å²) in [6.07, 6.45) is 6.97. The molecule has 0 unspecified atom stereocenters. The Morgan fingerprint density at radius 3 is 2.82 bits per heavy atom. The van der Waals surface area contributed by atoms with Gasteiger partial charge in [0.1, 0.15) is 12.4 Å². The van der Waals surface area contributed by atoms with Crippen molar-refractivity contribution in [1.29, 1.82) is 0 Å². The molecule has 1 aromatic carbocycles. The van der Waals surface area contributed by atoms with Gasteiger partial charge in [0.25, 0.3) is 0 Å². The zero-order valence-electron chi connectivity index (χ0n) is 13.8. The highest BCUT2D eigenvalue weighted by Crippen LogP contribution is 2.19. The molecule has 3 nitrogen and oxygen atoms in total. The quantitative estimate of drug-likeness (QED) is 0.746. The van der Waals surface area contributed by atoms with Crippen LogP contribution in [-0.4, -0.2) is 41.8 Å². The molecule has 0 bridgehead atoms. The number of aliphatic hydroxyl groups is 1. The van der Waals surface area contributed by atoms with Gasteiger partial charge in [-0.2, -0.15) is 0 Å². The Morgan fingerprint density at radius 1 is 1.32 bits per heavy atom. The second-order valence-electron chi connectivity index (χ2n) is 6.54. The maximum absolute atomic E-state index is 9.88. The minimum Gasteiger partial charge on any atom is -0.492 e. The van der Waals surface area contributed by atoms with Gasteiger partial charge in [-0.1, -0.05) is 44.2 Å². The third kappa shape index (κ3) is 5.82. The van der Waals surface area contributed by atoms with Gasteiger partial charge in [0.05, 0.1) is 6.10 Å². The molecule has 0 spiro atoms. The number of nitrogens with zero attached hydrogens (tertiary/aromatic N) is 1. The molecular weight excluding hydrogens is 274 g/mol. The SMILES string of the molecule is CC(C)C[C@H](O)/C=C/CN1CCC[C@H]1COc1ccccc1. The smallest absolute Gasteiger partial charge is 0.119 e. The van der Waals surface area contributed by atoms with E-state index in [1.807, 2.05) is 36.4 Å². The summed E-state index contributed by atoms with van der Waals surface area (Å²) in [6, 6.07) is 10.5. The summed E-state index contributed by atoms with van der Waals surface area (Å²) in [7, 11) is 0. The minimum atomic E-state index is -0.318. The fourth-order valence-corrected chi connectivity index (χ4v) is 2.95. The standard InChI is InChI=1S/C19H29NO2/c1-16(2)14-18(21)9-7-13-20-12-6-8-17(20)15-22-19-10-4-3-5-11-19/h3-5,7,9-11,16-18,21H,6,8,12-15H2,1-2H3/b9-7+/t17-,18+/m0/s1. The Morgan fingerprint density at radius 2 is 2.09 bits per heavy atom. The largest absolute Gasteiger partial charge is 0.492 e. The molecular formula is C19H29NO2. The molecule has 2 rings (SSSR count). The van der Waals surface area contributed by atoms with E-state index in [-0.39, 0.29) is 6.10 Å². The lowest BCUT2D eigenvalue weighted by Gasteiger charge is -2.23. The van der Waals surface area contributed by atoms with Gasteiger partial charge < -0.3 is 9.84 Å². The van der Waals surface area contributed by atoms with Gasteiger partial charge in [-0.15, -0.1) is 0 Å². The van der Waals surface area contributed by atoms with Crippen LogP contribution in [0.5, 0.6) is 5.75 Å². The molecule has 1 aliphatic heterocycles. The lowest BCUT2D eigenvalue weighted by molar-refractivity contribution is 0.181. The third-order valence-corrected chi connectivity index (χ3v) is 4.10. The topological polar surface area (TPSA) is 32.7 Å². The van der Waals surface area contributed by atoms with Crippen LogP contribution in [0.25, 0.3) is 0 Å². The summed E-state index contributed by atoms with van der Waals surface area (Å²) < 4.78 is 5.89. The molecule has 0 saturated carbocycles. The first-order valence-electron chi connectivity index (χ1n) is 8.41. The average molecular weight is 303 g/mol. The van der Waals surface area contributed by atoms with Crippen LogP contribution in [0.3, 0.4) is 0 Å². The number of hydrogen-bond donors (Lipinski definition) is 1. The molecule has 1 saturated heterocycles. The third-order valence-electron chi connectivity index (χ3n) is 4.10. The van der Waals surface area contributed by atoms with E-state index in [0.29, 0.717) is 12.0 Å². The van der Waals surface area contributed by atoms with Gasteiger partial charge >= 0.3 is 0 Å². The second kappa shape index (κ2) is 8.96. The Kier molecular flexibility index (Phi) is 6.94. The van der Waals surface area contributed by atoms with E-state index in [1.165, 1.54) is 12.8 Å². The average Bonchev–Trinajstić information content (AvgIpc) is 2.93. The zero-order chi connectivity index (χ0) is 15.8. The molecule has 22 heavy (non-hydrogen) atoms. The van der Waals surface area contributed by atoms with E-state index >= 15 is 0 Å². The maximum atomic E-state index is 9.88. The van der Waals surface area contributed by atoms with Crippen LogP contribution >= 0.6 is 0 Å². The first kappa shape index (κ1) is 17.0. The molecule has 1 aromatic rings. The van der Waals surface area contributed by atoms with Crippen molar-refractivity contribution in [1.82, 2.24) is 4.90 Å². The van der Waals surface area contributed by atoms with Gasteiger partial charge in [0, 0.05) is 12.6 Å². The molecule has 0 amide bonds. The number of aliphatic hydroxyl groups excluding tert-OH is 1. The summed E-state index contributed by atoms with van der Waals surface area (Å²) in [6.45, 7) is 7.03. The first-order chi connectivity index (χ1) is 10.6. The maximum Gasteiger partial charge on any atom is 0.119 e. The molecule has 0 aliphatic carbocycles. The Labute approximate surface area is 134 Å². The summed E-state index contributed by atoms with van der Waals surface area (Å²) in [5, 5.41) is 9.88. The Hall–Kier alpha value is -1.32. The van der Waals surface area contributed by atoms with Crippen molar-refractivity contribution in [3.05, 3.63) is 42.5 Å². The van der Waals surface area contributed by atoms with E-state index in [0.717, 1.165) is 31.9 Å². The van der Waals surface area contributed by atoms with E-state index in [9.17, 15) is 5.11 Å². The van der Waals surface area contributed by atoms with Crippen LogP contribution in [0.1, 0.15) is 33.1 Å². The van der Waals surface area contributed by atoms with Crippen LogP contribution in [0, 0.1) is 5.92 Å². The molecule has 1 N–H and O–H groups in total. The number of ether oxygens (including phenoxy) is 1. The fourth-order valence-electron chi connectivity index (χ4n) is 2.95. The molecule has 1 aliphatic rings. The number of benzene rings is 1. The van der Waals surface area contributed by atoms with Gasteiger partial charge in [-0.05, 0) is 43.9 Å². The molecule has 3 heteroatoms. The van der Waals surface area contributed by atoms with Crippen LogP contribution in [-0.2, 0) is 0 Å². The lowest BCUT2D eigenvalue weighted by Crippen LogP contribution is -2.34. The predicted octanol–water partition coefficient (Wildman–Crippen LogP) is 3.49. The van der Waals surface area contributed by atoms with Crippen molar-refractivity contribution in [3.63, 3.8) is 0 Å². The number of likely N-dealkylation sites (tertiary alicyclic amines) is 1. The fraction of sp³-hybridized carbons (Fsp3) is 0.579. The van der Waals surface area contributed by atoms with Gasteiger partial charge in [-0.3, -0.25) is 4.90 Å². The van der Waals surface area contributed by atoms with Crippen LogP contribution < -0.4 is 4.74 Å². The number of hydrogen-bond acceptors (Lipinski definition) is 3. The zero-order valence-corrected chi connectivity index (χ0v) is 13.8. The molecule has 1 heterocycles. The van der Waals surface area contributed by atoms with Crippen molar-refractivity contribution >= 4 is 0 Å². The van der Waals surface area contributed by atoms with Gasteiger partial charge in [0.15, 0.2) is 0 Å². The van der Waals surface area contributed by atoms with Crippen molar-refractivity contribution in [3.8, 4) is 5.75 Å².